The molecule has 0 saturated carbocycles. The van der Waals surface area contributed by atoms with Crippen molar-refractivity contribution < 1.29 is 14.6 Å². The maximum absolute atomic E-state index is 11.8. The van der Waals surface area contributed by atoms with Crippen LogP contribution in [0, 0.1) is 0 Å². The zero-order valence-corrected chi connectivity index (χ0v) is 10.5. The number of aliphatic imine (C=N–C) groups is 1. The zero-order valence-electron chi connectivity index (χ0n) is 10.5. The summed E-state index contributed by atoms with van der Waals surface area (Å²) >= 11 is 0. The molecule has 2 aromatic rings. The van der Waals surface area contributed by atoms with Gasteiger partial charge in [-0.25, -0.2) is 9.79 Å². The highest BCUT2D eigenvalue weighted by Crippen LogP contribution is 2.20. The van der Waals surface area contributed by atoms with Gasteiger partial charge in [-0.3, -0.25) is 0 Å². The summed E-state index contributed by atoms with van der Waals surface area (Å²) in [6, 6.07) is 15.8. The molecule has 3 rings (SSSR count). The summed E-state index contributed by atoms with van der Waals surface area (Å²) in [6.45, 7) is 0. The van der Waals surface area contributed by atoms with Gasteiger partial charge in [0.1, 0.15) is 5.75 Å². The number of hydrogen-bond donors (Lipinski definition) is 1. The van der Waals surface area contributed by atoms with E-state index in [0.29, 0.717) is 5.90 Å². The molecule has 98 valence electrons. The summed E-state index contributed by atoms with van der Waals surface area (Å²) in [6.07, 6.45) is 1.62. The van der Waals surface area contributed by atoms with Crippen molar-refractivity contribution in [1.82, 2.24) is 0 Å². The second-order valence-corrected chi connectivity index (χ2v) is 4.29. The summed E-state index contributed by atoms with van der Waals surface area (Å²) in [5, 5.41) is 9.22. The number of ether oxygens (including phenoxy) is 1. The maximum Gasteiger partial charge on any atom is 0.363 e. The Bertz CT molecular complexity index is 700. The summed E-state index contributed by atoms with van der Waals surface area (Å²) in [7, 11) is 0. The zero-order chi connectivity index (χ0) is 13.9. The molecule has 20 heavy (non-hydrogen) atoms. The number of carbonyl (C=O) groups excluding carboxylic acids is 1. The van der Waals surface area contributed by atoms with Crippen LogP contribution in [0.3, 0.4) is 0 Å². The molecule has 1 aliphatic heterocycles. The van der Waals surface area contributed by atoms with Crippen molar-refractivity contribution >= 4 is 17.9 Å². The minimum atomic E-state index is -0.475. The van der Waals surface area contributed by atoms with E-state index in [9.17, 15) is 9.90 Å². The fourth-order valence-electron chi connectivity index (χ4n) is 1.84. The quantitative estimate of drug-likeness (QED) is 0.671. The molecule has 4 nitrogen and oxygen atoms in total. The molecule has 1 heterocycles. The average Bonchev–Trinajstić information content (AvgIpc) is 2.84. The van der Waals surface area contributed by atoms with Crippen molar-refractivity contribution in [3.05, 3.63) is 71.4 Å². The Morgan fingerprint density at radius 1 is 1.00 bits per heavy atom. The lowest BCUT2D eigenvalue weighted by Gasteiger charge is -1.97. The van der Waals surface area contributed by atoms with E-state index in [1.54, 1.807) is 30.3 Å². The van der Waals surface area contributed by atoms with Crippen LogP contribution in [0.1, 0.15) is 11.1 Å². The summed E-state index contributed by atoms with van der Waals surface area (Å²) in [4.78, 5) is 16.0. The number of rotatable bonds is 2. The monoisotopic (exact) mass is 265 g/mol. The highest BCUT2D eigenvalue weighted by Gasteiger charge is 2.23. The van der Waals surface area contributed by atoms with Crippen molar-refractivity contribution in [3.8, 4) is 5.75 Å². The summed E-state index contributed by atoms with van der Waals surface area (Å²) < 4.78 is 5.15. The molecule has 0 aromatic heterocycles. The second kappa shape index (κ2) is 5.01. The third-order valence-corrected chi connectivity index (χ3v) is 2.84. The van der Waals surface area contributed by atoms with E-state index in [-0.39, 0.29) is 11.4 Å². The van der Waals surface area contributed by atoms with E-state index in [1.165, 1.54) is 0 Å². The number of aromatic hydroxyl groups is 1. The van der Waals surface area contributed by atoms with Crippen molar-refractivity contribution in [2.45, 2.75) is 0 Å². The van der Waals surface area contributed by atoms with Gasteiger partial charge in [0.2, 0.25) is 5.90 Å². The van der Waals surface area contributed by atoms with Gasteiger partial charge < -0.3 is 9.84 Å². The summed E-state index contributed by atoms with van der Waals surface area (Å²) in [5.41, 5.74) is 1.78. The van der Waals surface area contributed by atoms with Gasteiger partial charge in [0.05, 0.1) is 0 Å². The Labute approximate surface area is 115 Å². The number of carbonyl (C=O) groups is 1. The van der Waals surface area contributed by atoms with Gasteiger partial charge in [-0.05, 0) is 35.9 Å². The van der Waals surface area contributed by atoms with Gasteiger partial charge in [-0.15, -0.1) is 0 Å². The van der Waals surface area contributed by atoms with Crippen LogP contribution < -0.4 is 0 Å². The third-order valence-electron chi connectivity index (χ3n) is 2.84. The first-order valence-corrected chi connectivity index (χ1v) is 6.09. The molecule has 2 aromatic carbocycles. The molecule has 0 amide bonds. The van der Waals surface area contributed by atoms with Gasteiger partial charge in [0.25, 0.3) is 0 Å². The summed E-state index contributed by atoms with van der Waals surface area (Å²) in [5.74, 6) is 0.00665. The Balaban J connectivity index is 1.92. The van der Waals surface area contributed by atoms with Crippen molar-refractivity contribution in [1.29, 1.82) is 0 Å². The van der Waals surface area contributed by atoms with E-state index in [1.807, 2.05) is 30.3 Å². The van der Waals surface area contributed by atoms with Crippen LogP contribution in [0.25, 0.3) is 6.08 Å². The van der Waals surface area contributed by atoms with Crippen LogP contribution >= 0.6 is 0 Å². The third kappa shape index (κ3) is 2.44. The number of phenolic OH excluding ortho intramolecular Hbond substituents is 1. The van der Waals surface area contributed by atoms with Crippen LogP contribution in [0.15, 0.2) is 65.3 Å². The van der Waals surface area contributed by atoms with E-state index in [0.717, 1.165) is 11.1 Å². The topological polar surface area (TPSA) is 58.9 Å². The fraction of sp³-hybridized carbons (Fsp3) is 0. The molecule has 4 heteroatoms. The molecule has 1 aliphatic rings. The molecule has 0 fully saturated rings. The number of nitrogens with zero attached hydrogens (tertiary/aromatic N) is 1. The minimum absolute atomic E-state index is 0.176. The van der Waals surface area contributed by atoms with Crippen molar-refractivity contribution in [3.63, 3.8) is 0 Å². The lowest BCUT2D eigenvalue weighted by Crippen LogP contribution is -2.04. The molecule has 0 unspecified atom stereocenters. The molecule has 0 saturated heterocycles. The molecule has 0 radical (unpaired) electrons. The van der Waals surface area contributed by atoms with Crippen LogP contribution in [-0.4, -0.2) is 17.0 Å². The predicted molar refractivity (Wildman–Crippen MR) is 75.2 cm³/mol. The van der Waals surface area contributed by atoms with Crippen molar-refractivity contribution in [2.75, 3.05) is 0 Å². The Morgan fingerprint density at radius 2 is 1.70 bits per heavy atom. The average molecular weight is 265 g/mol. The smallest absolute Gasteiger partial charge is 0.363 e. The first kappa shape index (κ1) is 12.2. The van der Waals surface area contributed by atoms with Crippen LogP contribution in [0.5, 0.6) is 5.75 Å². The Hall–Kier alpha value is -2.88. The SMILES string of the molecule is O=C1OC(c2ccccc2)=N/C1=C\c1ccc(O)cc1. The number of hydrogen-bond acceptors (Lipinski definition) is 4. The van der Waals surface area contributed by atoms with E-state index in [4.69, 9.17) is 4.74 Å². The first-order chi connectivity index (χ1) is 9.72. The van der Waals surface area contributed by atoms with Crippen molar-refractivity contribution in [2.24, 2.45) is 4.99 Å². The molecular weight excluding hydrogens is 254 g/mol. The molecule has 0 spiro atoms. The maximum atomic E-state index is 11.8. The molecule has 1 N–H and O–H groups in total. The van der Waals surface area contributed by atoms with Gasteiger partial charge >= 0.3 is 5.97 Å². The minimum Gasteiger partial charge on any atom is -0.508 e. The lowest BCUT2D eigenvalue weighted by atomic mass is 10.2. The number of benzene rings is 2. The Kier molecular flexibility index (Phi) is 3.05. The van der Waals surface area contributed by atoms with Gasteiger partial charge in [0, 0.05) is 5.56 Å². The Morgan fingerprint density at radius 3 is 2.40 bits per heavy atom. The number of esters is 1. The highest BCUT2D eigenvalue weighted by atomic mass is 16.6. The normalized spacial score (nSPS) is 16.1. The number of phenols is 1. The first-order valence-electron chi connectivity index (χ1n) is 6.09. The molecule has 0 bridgehead atoms. The molecular formula is C16H11NO3. The van der Waals surface area contributed by atoms with Crippen LogP contribution in [0.2, 0.25) is 0 Å². The van der Waals surface area contributed by atoms with E-state index >= 15 is 0 Å². The predicted octanol–water partition coefficient (Wildman–Crippen LogP) is 2.74. The molecule has 0 atom stereocenters. The van der Waals surface area contributed by atoms with E-state index in [2.05, 4.69) is 4.99 Å². The highest BCUT2D eigenvalue weighted by molar-refractivity contribution is 6.12. The molecule has 0 aliphatic carbocycles. The largest absolute Gasteiger partial charge is 0.508 e. The number of cyclic esters (lactones) is 1. The fourth-order valence-corrected chi connectivity index (χ4v) is 1.84. The van der Waals surface area contributed by atoms with Gasteiger partial charge in [-0.2, -0.15) is 0 Å². The van der Waals surface area contributed by atoms with E-state index < -0.39 is 5.97 Å². The standard InChI is InChI=1S/C16H11NO3/c18-13-8-6-11(7-9-13)10-14-16(19)20-15(17-14)12-4-2-1-3-5-12/h1-10,18H/b14-10-. The lowest BCUT2D eigenvalue weighted by molar-refractivity contribution is -0.129. The second-order valence-electron chi connectivity index (χ2n) is 4.29. The van der Waals surface area contributed by atoms with Gasteiger partial charge in [-0.1, -0.05) is 30.3 Å². The van der Waals surface area contributed by atoms with Crippen LogP contribution in [-0.2, 0) is 9.53 Å². The van der Waals surface area contributed by atoms with Gasteiger partial charge in [0.15, 0.2) is 5.70 Å². The van der Waals surface area contributed by atoms with Crippen LogP contribution in [0.4, 0.5) is 0 Å².